The number of hydrogen-bond acceptors (Lipinski definition) is 1. The van der Waals surface area contributed by atoms with E-state index in [0.717, 1.165) is 24.8 Å². The number of rotatable bonds is 1. The van der Waals surface area contributed by atoms with Crippen LogP contribution < -0.4 is 0 Å². The molecule has 0 saturated carbocycles. The monoisotopic (exact) mass is 228 g/mol. The second kappa shape index (κ2) is 3.73. The molecule has 3 rings (SSSR count). The molecule has 0 unspecified atom stereocenters. The molecule has 0 aromatic heterocycles. The maximum absolute atomic E-state index is 11.8. The number of carboxylic acid groups (broad SMARTS) is 1. The number of carboxylic acids is 1. The summed E-state index contributed by atoms with van der Waals surface area (Å²) in [5, 5.41) is 9.74. The number of hydrogen-bond donors (Lipinski definition) is 1. The lowest BCUT2D eigenvalue weighted by atomic mass is 9.59. The van der Waals surface area contributed by atoms with Crippen molar-refractivity contribution in [3.8, 4) is 0 Å². The Bertz CT molecular complexity index is 489. The van der Waals surface area contributed by atoms with Crippen LogP contribution in [0.2, 0.25) is 0 Å². The molecule has 17 heavy (non-hydrogen) atoms. The number of aryl methyl sites for hydroxylation is 1. The minimum Gasteiger partial charge on any atom is -0.481 e. The molecule has 0 bridgehead atoms. The average Bonchev–Trinajstić information content (AvgIpc) is 2.38. The molecule has 0 fully saturated rings. The minimum absolute atomic E-state index is 0.264. The molecule has 2 aliphatic rings. The Labute approximate surface area is 101 Å². The first kappa shape index (κ1) is 10.6. The molecule has 2 atom stereocenters. The van der Waals surface area contributed by atoms with Crippen LogP contribution >= 0.6 is 0 Å². The number of benzene rings is 1. The third-order valence-corrected chi connectivity index (χ3v) is 4.37. The summed E-state index contributed by atoms with van der Waals surface area (Å²) in [7, 11) is 0. The molecule has 0 radical (unpaired) electrons. The van der Waals surface area contributed by atoms with Crippen LogP contribution in [0.5, 0.6) is 0 Å². The van der Waals surface area contributed by atoms with Crippen molar-refractivity contribution >= 4 is 5.97 Å². The fourth-order valence-electron chi connectivity index (χ4n) is 3.47. The van der Waals surface area contributed by atoms with E-state index in [9.17, 15) is 9.90 Å². The highest BCUT2D eigenvalue weighted by atomic mass is 16.4. The van der Waals surface area contributed by atoms with Crippen molar-refractivity contribution in [3.05, 3.63) is 47.5 Å². The largest absolute Gasteiger partial charge is 0.481 e. The van der Waals surface area contributed by atoms with Gasteiger partial charge in [0.2, 0.25) is 0 Å². The van der Waals surface area contributed by atoms with Crippen molar-refractivity contribution in [1.29, 1.82) is 0 Å². The summed E-state index contributed by atoms with van der Waals surface area (Å²) in [5.74, 6) is -0.390. The van der Waals surface area contributed by atoms with Crippen LogP contribution in [0.1, 0.15) is 30.4 Å². The van der Waals surface area contributed by atoms with Gasteiger partial charge in [-0.1, -0.05) is 36.4 Å². The molecular formula is C15H16O2. The third-order valence-electron chi connectivity index (χ3n) is 4.37. The van der Waals surface area contributed by atoms with E-state index in [-0.39, 0.29) is 5.92 Å². The van der Waals surface area contributed by atoms with Gasteiger partial charge in [0.15, 0.2) is 0 Å². The molecule has 2 heteroatoms. The average molecular weight is 228 g/mol. The zero-order valence-corrected chi connectivity index (χ0v) is 9.73. The minimum atomic E-state index is -0.663. The van der Waals surface area contributed by atoms with Gasteiger partial charge in [-0.3, -0.25) is 4.79 Å². The molecule has 1 N–H and O–H groups in total. The van der Waals surface area contributed by atoms with E-state index >= 15 is 0 Å². The molecule has 0 amide bonds. The van der Waals surface area contributed by atoms with Crippen LogP contribution in [0.3, 0.4) is 0 Å². The summed E-state index contributed by atoms with van der Waals surface area (Å²) in [6.07, 6.45) is 7.73. The van der Waals surface area contributed by atoms with Crippen molar-refractivity contribution in [2.75, 3.05) is 0 Å². The summed E-state index contributed by atoms with van der Waals surface area (Å²) < 4.78 is 0. The van der Waals surface area contributed by atoms with Gasteiger partial charge in [0.1, 0.15) is 0 Å². The van der Waals surface area contributed by atoms with E-state index in [2.05, 4.69) is 12.1 Å². The van der Waals surface area contributed by atoms with Gasteiger partial charge in [-0.25, -0.2) is 0 Å². The molecule has 2 aliphatic carbocycles. The van der Waals surface area contributed by atoms with E-state index in [1.54, 1.807) is 0 Å². The molecule has 0 spiro atoms. The Kier molecular flexibility index (Phi) is 2.32. The molecule has 88 valence electrons. The number of allylic oxidation sites excluding steroid dienone is 2. The lowest BCUT2D eigenvalue weighted by molar-refractivity contribution is -0.147. The van der Waals surface area contributed by atoms with Gasteiger partial charge in [-0.2, -0.15) is 0 Å². The zero-order valence-electron chi connectivity index (χ0n) is 9.73. The predicted molar refractivity (Wildman–Crippen MR) is 65.9 cm³/mol. The second-order valence-corrected chi connectivity index (χ2v) is 5.08. The maximum atomic E-state index is 11.8. The summed E-state index contributed by atoms with van der Waals surface area (Å²) in [4.78, 5) is 11.8. The topological polar surface area (TPSA) is 37.3 Å². The van der Waals surface area contributed by atoms with Gasteiger partial charge in [-0.05, 0) is 42.7 Å². The van der Waals surface area contributed by atoms with E-state index in [1.165, 1.54) is 5.56 Å². The Morgan fingerprint density at radius 2 is 2.12 bits per heavy atom. The molecule has 0 heterocycles. The lowest BCUT2D eigenvalue weighted by Gasteiger charge is -2.43. The van der Waals surface area contributed by atoms with Crippen LogP contribution in [-0.4, -0.2) is 11.1 Å². The maximum Gasteiger partial charge on any atom is 0.314 e. The van der Waals surface area contributed by atoms with Crippen molar-refractivity contribution < 1.29 is 9.90 Å². The quantitative estimate of drug-likeness (QED) is 0.750. The van der Waals surface area contributed by atoms with E-state index < -0.39 is 11.4 Å². The summed E-state index contributed by atoms with van der Waals surface area (Å²) >= 11 is 0. The summed E-state index contributed by atoms with van der Waals surface area (Å²) in [5.41, 5.74) is 1.61. The first-order valence-corrected chi connectivity index (χ1v) is 6.22. The lowest BCUT2D eigenvalue weighted by Crippen LogP contribution is -2.47. The van der Waals surface area contributed by atoms with Gasteiger partial charge >= 0.3 is 5.97 Å². The van der Waals surface area contributed by atoms with E-state index in [4.69, 9.17) is 0 Å². The van der Waals surface area contributed by atoms with Gasteiger partial charge in [0, 0.05) is 0 Å². The van der Waals surface area contributed by atoms with Crippen molar-refractivity contribution in [3.63, 3.8) is 0 Å². The van der Waals surface area contributed by atoms with Crippen LogP contribution in [0.25, 0.3) is 0 Å². The summed E-state index contributed by atoms with van der Waals surface area (Å²) in [6, 6.07) is 8.06. The number of carbonyl (C=O) groups is 1. The fraction of sp³-hybridized carbons (Fsp3) is 0.400. The molecular weight excluding hydrogens is 212 g/mol. The Morgan fingerprint density at radius 3 is 2.94 bits per heavy atom. The highest BCUT2D eigenvalue weighted by molar-refractivity contribution is 5.83. The standard InChI is InChI=1S/C15H16O2/c16-14(17)15-10-4-3-6-12(15)9-8-11-5-1-2-7-13(11)15/h1-5,7,12H,6,8-10H2,(H,16,17)/t12-,15-/m0/s1. The molecule has 1 aromatic carbocycles. The Morgan fingerprint density at radius 1 is 1.29 bits per heavy atom. The van der Waals surface area contributed by atoms with Crippen molar-refractivity contribution in [1.82, 2.24) is 0 Å². The predicted octanol–water partition coefficient (Wildman–Crippen LogP) is 2.92. The van der Waals surface area contributed by atoms with Crippen LogP contribution in [0.15, 0.2) is 36.4 Å². The Hall–Kier alpha value is -1.57. The molecule has 2 nitrogen and oxygen atoms in total. The van der Waals surface area contributed by atoms with Gasteiger partial charge in [-0.15, -0.1) is 0 Å². The van der Waals surface area contributed by atoms with Crippen molar-refractivity contribution in [2.24, 2.45) is 5.92 Å². The normalized spacial score (nSPS) is 30.5. The fourth-order valence-corrected chi connectivity index (χ4v) is 3.47. The SMILES string of the molecule is O=C(O)[C@@]12CC=CC[C@H]1CCc1ccccc12. The first-order chi connectivity index (χ1) is 8.25. The first-order valence-electron chi connectivity index (χ1n) is 6.22. The molecule has 0 aliphatic heterocycles. The van der Waals surface area contributed by atoms with Crippen LogP contribution in [0.4, 0.5) is 0 Å². The second-order valence-electron chi connectivity index (χ2n) is 5.08. The van der Waals surface area contributed by atoms with Gasteiger partial charge in [0.05, 0.1) is 5.41 Å². The molecule has 0 saturated heterocycles. The van der Waals surface area contributed by atoms with E-state index in [1.807, 2.05) is 24.3 Å². The van der Waals surface area contributed by atoms with Gasteiger partial charge in [0.25, 0.3) is 0 Å². The van der Waals surface area contributed by atoms with Crippen LogP contribution in [0, 0.1) is 5.92 Å². The zero-order chi connectivity index (χ0) is 11.9. The Balaban J connectivity index is 2.22. The number of fused-ring (bicyclic) bond motifs is 3. The van der Waals surface area contributed by atoms with Crippen molar-refractivity contribution in [2.45, 2.75) is 31.1 Å². The smallest absolute Gasteiger partial charge is 0.314 e. The van der Waals surface area contributed by atoms with Crippen LogP contribution in [-0.2, 0) is 16.6 Å². The molecule has 1 aromatic rings. The highest BCUT2D eigenvalue weighted by Crippen LogP contribution is 2.48. The third kappa shape index (κ3) is 1.36. The number of aliphatic carboxylic acids is 1. The highest BCUT2D eigenvalue weighted by Gasteiger charge is 2.50. The van der Waals surface area contributed by atoms with E-state index in [0.29, 0.717) is 6.42 Å². The summed E-state index contributed by atoms with van der Waals surface area (Å²) in [6.45, 7) is 0. The van der Waals surface area contributed by atoms with Gasteiger partial charge < -0.3 is 5.11 Å².